The fourth-order valence-electron chi connectivity index (χ4n) is 2.57. The van der Waals surface area contributed by atoms with Gasteiger partial charge in [-0.25, -0.2) is 0 Å². The Morgan fingerprint density at radius 1 is 1.50 bits per heavy atom. The Morgan fingerprint density at radius 2 is 2.29 bits per heavy atom. The first-order valence-electron chi connectivity index (χ1n) is 5.78. The van der Waals surface area contributed by atoms with Crippen molar-refractivity contribution in [2.45, 2.75) is 31.7 Å². The molecule has 1 unspecified atom stereocenters. The summed E-state index contributed by atoms with van der Waals surface area (Å²) in [5.41, 5.74) is 0.314. The highest BCUT2D eigenvalue weighted by Gasteiger charge is 2.43. The zero-order valence-corrected chi connectivity index (χ0v) is 9.06. The molecule has 0 bridgehead atoms. The third kappa shape index (κ3) is 2.26. The molecule has 0 radical (unpaired) electrons. The van der Waals surface area contributed by atoms with Gasteiger partial charge in [0.05, 0.1) is 6.67 Å². The van der Waals surface area contributed by atoms with Crippen LogP contribution in [0.5, 0.6) is 0 Å². The molecule has 0 spiro atoms. The van der Waals surface area contributed by atoms with Crippen molar-refractivity contribution in [3.63, 3.8) is 0 Å². The molecular weight excluding hydrogens is 179 g/mol. The van der Waals surface area contributed by atoms with Gasteiger partial charge in [0, 0.05) is 31.7 Å². The monoisotopic (exact) mass is 200 g/mol. The molecule has 1 heterocycles. The first-order valence-corrected chi connectivity index (χ1v) is 5.78. The van der Waals surface area contributed by atoms with Gasteiger partial charge in [-0.2, -0.15) is 0 Å². The lowest BCUT2D eigenvalue weighted by atomic mass is 9.93. The van der Waals surface area contributed by atoms with Crippen LogP contribution in [0.1, 0.15) is 26.2 Å². The van der Waals surface area contributed by atoms with Crippen LogP contribution >= 0.6 is 0 Å². The molecule has 1 saturated carbocycles. The smallest absolute Gasteiger partial charge is 0.0906 e. The summed E-state index contributed by atoms with van der Waals surface area (Å²) in [5.74, 6) is 0.871. The summed E-state index contributed by atoms with van der Waals surface area (Å²) in [6.45, 7) is 6.34. The van der Waals surface area contributed by atoms with Gasteiger partial charge >= 0.3 is 0 Å². The number of rotatable bonds is 4. The molecule has 1 aliphatic heterocycles. The van der Waals surface area contributed by atoms with Crippen LogP contribution in [0, 0.1) is 5.92 Å². The van der Waals surface area contributed by atoms with Crippen molar-refractivity contribution >= 4 is 0 Å². The number of hydrogen-bond acceptors (Lipinski definition) is 2. The van der Waals surface area contributed by atoms with Crippen molar-refractivity contribution in [1.29, 1.82) is 0 Å². The lowest BCUT2D eigenvalue weighted by molar-refractivity contribution is 0.124. The number of piperazine rings is 1. The van der Waals surface area contributed by atoms with E-state index in [4.69, 9.17) is 0 Å². The Kier molecular flexibility index (Phi) is 3.07. The molecule has 3 heteroatoms. The zero-order chi connectivity index (χ0) is 10.0. The largest absolute Gasteiger partial charge is 0.309 e. The topological polar surface area (TPSA) is 15.3 Å². The number of halogens is 1. The number of alkyl halides is 1. The molecule has 0 aromatic carbocycles. The van der Waals surface area contributed by atoms with Crippen LogP contribution < -0.4 is 5.32 Å². The third-order valence-electron chi connectivity index (χ3n) is 3.60. The van der Waals surface area contributed by atoms with E-state index in [0.29, 0.717) is 12.0 Å². The third-order valence-corrected chi connectivity index (χ3v) is 3.60. The van der Waals surface area contributed by atoms with Crippen LogP contribution in [0.15, 0.2) is 0 Å². The Hall–Kier alpha value is -0.150. The van der Waals surface area contributed by atoms with E-state index in [1.165, 1.54) is 12.8 Å². The van der Waals surface area contributed by atoms with E-state index < -0.39 is 0 Å². The van der Waals surface area contributed by atoms with Crippen LogP contribution in [-0.4, -0.2) is 43.3 Å². The van der Waals surface area contributed by atoms with Gasteiger partial charge in [0.2, 0.25) is 0 Å². The molecular formula is C11H21FN2. The van der Waals surface area contributed by atoms with Crippen molar-refractivity contribution in [3.05, 3.63) is 0 Å². The SMILES string of the molecule is CC1(C2CC2)CN(CCCF)CCN1. The summed E-state index contributed by atoms with van der Waals surface area (Å²) >= 11 is 0. The summed E-state index contributed by atoms with van der Waals surface area (Å²) in [7, 11) is 0. The van der Waals surface area contributed by atoms with Crippen molar-refractivity contribution in [2.75, 3.05) is 32.9 Å². The van der Waals surface area contributed by atoms with E-state index >= 15 is 0 Å². The van der Waals surface area contributed by atoms with Gasteiger partial charge < -0.3 is 10.2 Å². The summed E-state index contributed by atoms with van der Waals surface area (Å²) in [4.78, 5) is 2.41. The molecule has 1 aliphatic carbocycles. The summed E-state index contributed by atoms with van der Waals surface area (Å²) < 4.78 is 12.1. The Bertz CT molecular complexity index is 194. The minimum absolute atomic E-state index is 0.177. The molecule has 2 aliphatic rings. The van der Waals surface area contributed by atoms with E-state index in [9.17, 15) is 4.39 Å². The van der Waals surface area contributed by atoms with E-state index in [-0.39, 0.29) is 6.67 Å². The molecule has 2 rings (SSSR count). The van der Waals surface area contributed by atoms with E-state index in [2.05, 4.69) is 17.1 Å². The Labute approximate surface area is 85.9 Å². The summed E-state index contributed by atoms with van der Waals surface area (Å²) in [6.07, 6.45) is 3.45. The second-order valence-electron chi connectivity index (χ2n) is 4.94. The second-order valence-corrected chi connectivity index (χ2v) is 4.94. The summed E-state index contributed by atoms with van der Waals surface area (Å²) in [6, 6.07) is 0. The normalized spacial score (nSPS) is 34.7. The molecule has 1 atom stereocenters. The van der Waals surface area contributed by atoms with Crippen LogP contribution in [0.4, 0.5) is 4.39 Å². The molecule has 1 N–H and O–H groups in total. The van der Waals surface area contributed by atoms with E-state index in [1.54, 1.807) is 0 Å². The van der Waals surface area contributed by atoms with Crippen LogP contribution in [0.3, 0.4) is 0 Å². The van der Waals surface area contributed by atoms with Crippen LogP contribution in [-0.2, 0) is 0 Å². The van der Waals surface area contributed by atoms with Gasteiger partial charge in [-0.1, -0.05) is 0 Å². The molecule has 2 nitrogen and oxygen atoms in total. The standard InChI is InChI=1S/C11H21FN2/c1-11(10-3-4-10)9-14(7-2-5-12)8-6-13-11/h10,13H,2-9H2,1H3. The van der Waals surface area contributed by atoms with Gasteiger partial charge in [-0.05, 0) is 32.1 Å². The first kappa shape index (κ1) is 10.4. The number of hydrogen-bond donors (Lipinski definition) is 1. The van der Waals surface area contributed by atoms with E-state index in [1.807, 2.05) is 0 Å². The fraction of sp³-hybridized carbons (Fsp3) is 1.00. The van der Waals surface area contributed by atoms with Gasteiger partial charge in [-0.15, -0.1) is 0 Å². The number of nitrogens with zero attached hydrogens (tertiary/aromatic N) is 1. The minimum Gasteiger partial charge on any atom is -0.309 e. The first-order chi connectivity index (χ1) is 6.74. The average Bonchev–Trinajstić information content (AvgIpc) is 2.98. The van der Waals surface area contributed by atoms with Crippen molar-refractivity contribution in [3.8, 4) is 0 Å². The molecule has 2 fully saturated rings. The number of nitrogens with one attached hydrogen (secondary N) is 1. The molecule has 1 saturated heterocycles. The van der Waals surface area contributed by atoms with Gasteiger partial charge in [0.1, 0.15) is 0 Å². The highest BCUT2D eigenvalue weighted by molar-refractivity contribution is 5.01. The van der Waals surface area contributed by atoms with Gasteiger partial charge in [-0.3, -0.25) is 4.39 Å². The van der Waals surface area contributed by atoms with Crippen LogP contribution in [0.2, 0.25) is 0 Å². The van der Waals surface area contributed by atoms with E-state index in [0.717, 1.165) is 32.1 Å². The molecule has 14 heavy (non-hydrogen) atoms. The average molecular weight is 200 g/mol. The molecule has 0 amide bonds. The maximum atomic E-state index is 12.1. The molecule has 0 aromatic heterocycles. The predicted octanol–water partition coefficient (Wildman–Crippen LogP) is 1.42. The van der Waals surface area contributed by atoms with Crippen molar-refractivity contribution in [1.82, 2.24) is 10.2 Å². The maximum Gasteiger partial charge on any atom is 0.0906 e. The summed E-state index contributed by atoms with van der Waals surface area (Å²) in [5, 5.41) is 3.63. The zero-order valence-electron chi connectivity index (χ0n) is 9.06. The van der Waals surface area contributed by atoms with Crippen LogP contribution in [0.25, 0.3) is 0 Å². The Balaban J connectivity index is 1.83. The van der Waals surface area contributed by atoms with Crippen molar-refractivity contribution < 1.29 is 4.39 Å². The maximum absolute atomic E-state index is 12.1. The Morgan fingerprint density at radius 3 is 2.93 bits per heavy atom. The fourth-order valence-corrected chi connectivity index (χ4v) is 2.57. The lowest BCUT2D eigenvalue weighted by Crippen LogP contribution is -2.60. The minimum atomic E-state index is -0.177. The van der Waals surface area contributed by atoms with Gasteiger partial charge in [0.15, 0.2) is 0 Å². The molecule has 82 valence electrons. The lowest BCUT2D eigenvalue weighted by Gasteiger charge is -2.42. The highest BCUT2D eigenvalue weighted by Crippen LogP contribution is 2.40. The van der Waals surface area contributed by atoms with Crippen molar-refractivity contribution in [2.24, 2.45) is 5.92 Å². The molecule has 0 aromatic rings. The quantitative estimate of drug-likeness (QED) is 0.738. The highest BCUT2D eigenvalue weighted by atomic mass is 19.1. The second kappa shape index (κ2) is 4.15. The predicted molar refractivity (Wildman–Crippen MR) is 56.2 cm³/mol. The van der Waals surface area contributed by atoms with Gasteiger partial charge in [0.25, 0.3) is 0 Å².